The van der Waals surface area contributed by atoms with Gasteiger partial charge in [-0.3, -0.25) is 9.78 Å². The number of aromatic nitrogens is 1. The van der Waals surface area contributed by atoms with Crippen LogP contribution in [0.25, 0.3) is 0 Å². The molecule has 1 aromatic heterocycles. The first-order valence-electron chi connectivity index (χ1n) is 5.35. The Balaban J connectivity index is 1.92. The first-order valence-corrected chi connectivity index (χ1v) is 5.35. The summed E-state index contributed by atoms with van der Waals surface area (Å²) in [5.74, 6) is -0.141. The summed E-state index contributed by atoms with van der Waals surface area (Å²) < 4.78 is 0. The van der Waals surface area contributed by atoms with Gasteiger partial charge in [0.05, 0.1) is 6.07 Å². The highest BCUT2D eigenvalue weighted by molar-refractivity contribution is 5.86. The van der Waals surface area contributed by atoms with Crippen molar-refractivity contribution < 1.29 is 4.79 Å². The molecule has 1 heterocycles. The van der Waals surface area contributed by atoms with Gasteiger partial charge >= 0.3 is 0 Å². The molecule has 1 aromatic rings. The molecule has 82 valence electrons. The van der Waals surface area contributed by atoms with Crippen LogP contribution in [-0.2, 0) is 11.3 Å². The smallest absolute Gasteiger partial charge is 0.240 e. The first kappa shape index (κ1) is 10.6. The van der Waals surface area contributed by atoms with Crippen LogP contribution in [0.3, 0.4) is 0 Å². The van der Waals surface area contributed by atoms with Crippen LogP contribution >= 0.6 is 0 Å². The lowest BCUT2D eigenvalue weighted by Crippen LogP contribution is -2.44. The first-order chi connectivity index (χ1) is 7.77. The van der Waals surface area contributed by atoms with E-state index in [9.17, 15) is 4.79 Å². The highest BCUT2D eigenvalue weighted by atomic mass is 16.2. The van der Waals surface area contributed by atoms with Crippen LogP contribution in [-0.4, -0.2) is 10.9 Å². The van der Waals surface area contributed by atoms with Crippen LogP contribution in [0.4, 0.5) is 0 Å². The Labute approximate surface area is 94.3 Å². The fourth-order valence-corrected chi connectivity index (χ4v) is 1.77. The third kappa shape index (κ3) is 1.89. The fourth-order valence-electron chi connectivity index (χ4n) is 1.77. The predicted octanol–water partition coefficient (Wildman–Crippen LogP) is 1.39. The molecule has 0 bridgehead atoms. The Morgan fingerprint density at radius 1 is 1.50 bits per heavy atom. The Bertz CT molecular complexity index is 418. The molecule has 0 unspecified atom stereocenters. The minimum atomic E-state index is -0.757. The Hall–Kier alpha value is -1.89. The second-order valence-corrected chi connectivity index (χ2v) is 4.09. The second-order valence-electron chi connectivity index (χ2n) is 4.09. The summed E-state index contributed by atoms with van der Waals surface area (Å²) in [5, 5.41) is 11.8. The highest BCUT2D eigenvalue weighted by Crippen LogP contribution is 2.40. The summed E-state index contributed by atoms with van der Waals surface area (Å²) in [5.41, 5.74) is 0.239. The Morgan fingerprint density at radius 3 is 2.69 bits per heavy atom. The van der Waals surface area contributed by atoms with Crippen molar-refractivity contribution in [1.29, 1.82) is 5.26 Å². The van der Waals surface area contributed by atoms with E-state index in [0.29, 0.717) is 19.4 Å². The monoisotopic (exact) mass is 215 g/mol. The van der Waals surface area contributed by atoms with Crippen molar-refractivity contribution in [1.82, 2.24) is 10.3 Å². The van der Waals surface area contributed by atoms with Crippen molar-refractivity contribution in [3.05, 3.63) is 30.1 Å². The number of hydrogen-bond donors (Lipinski definition) is 1. The molecule has 1 amide bonds. The minimum Gasteiger partial charge on any atom is -0.351 e. The highest BCUT2D eigenvalue weighted by Gasteiger charge is 2.44. The van der Waals surface area contributed by atoms with E-state index in [1.807, 2.05) is 12.1 Å². The maximum Gasteiger partial charge on any atom is 0.240 e. The number of pyridine rings is 1. The summed E-state index contributed by atoms with van der Waals surface area (Å²) in [7, 11) is 0. The standard InChI is InChI=1S/C12H13N3O/c13-9-12(4-1-5-12)11(16)15-8-10-2-6-14-7-3-10/h2-3,6-7H,1,4-5,8H2,(H,15,16). The van der Waals surface area contributed by atoms with Gasteiger partial charge < -0.3 is 5.32 Å². The van der Waals surface area contributed by atoms with Crippen LogP contribution in [0.5, 0.6) is 0 Å². The molecule has 0 saturated heterocycles. The molecule has 1 saturated carbocycles. The molecule has 1 aliphatic rings. The lowest BCUT2D eigenvalue weighted by Gasteiger charge is -2.33. The van der Waals surface area contributed by atoms with Crippen molar-refractivity contribution in [2.75, 3.05) is 0 Å². The van der Waals surface area contributed by atoms with Crippen LogP contribution in [0, 0.1) is 16.7 Å². The van der Waals surface area contributed by atoms with Gasteiger partial charge in [-0.25, -0.2) is 0 Å². The third-order valence-corrected chi connectivity index (χ3v) is 3.06. The van der Waals surface area contributed by atoms with Crippen molar-refractivity contribution in [3.63, 3.8) is 0 Å². The van der Waals surface area contributed by atoms with Crippen LogP contribution < -0.4 is 5.32 Å². The molecule has 1 fully saturated rings. The van der Waals surface area contributed by atoms with Crippen molar-refractivity contribution in [2.24, 2.45) is 5.41 Å². The number of nitriles is 1. The van der Waals surface area contributed by atoms with Gasteiger partial charge in [0, 0.05) is 18.9 Å². The molecule has 4 heteroatoms. The number of carbonyl (C=O) groups is 1. The molecule has 2 rings (SSSR count). The summed E-state index contributed by atoms with van der Waals surface area (Å²) in [6.07, 6.45) is 5.71. The second kappa shape index (κ2) is 4.31. The number of hydrogen-bond acceptors (Lipinski definition) is 3. The SMILES string of the molecule is N#CC1(C(=O)NCc2ccncc2)CCC1. The van der Waals surface area contributed by atoms with E-state index in [1.54, 1.807) is 12.4 Å². The Kier molecular flexibility index (Phi) is 2.86. The molecule has 0 radical (unpaired) electrons. The maximum absolute atomic E-state index is 11.8. The zero-order valence-corrected chi connectivity index (χ0v) is 8.94. The van der Waals surface area contributed by atoms with E-state index in [1.165, 1.54) is 0 Å². The number of carbonyl (C=O) groups excluding carboxylic acids is 1. The van der Waals surface area contributed by atoms with Gasteiger partial charge in [-0.2, -0.15) is 5.26 Å². The average Bonchev–Trinajstić information content (AvgIpc) is 2.27. The van der Waals surface area contributed by atoms with Gasteiger partial charge in [0.25, 0.3) is 0 Å². The van der Waals surface area contributed by atoms with Crippen molar-refractivity contribution >= 4 is 5.91 Å². The van der Waals surface area contributed by atoms with Crippen LogP contribution in [0.2, 0.25) is 0 Å². The number of rotatable bonds is 3. The molecule has 4 nitrogen and oxygen atoms in total. The predicted molar refractivity (Wildman–Crippen MR) is 58.0 cm³/mol. The zero-order chi connectivity index (χ0) is 11.4. The van der Waals surface area contributed by atoms with Gasteiger partial charge in [-0.1, -0.05) is 0 Å². The van der Waals surface area contributed by atoms with E-state index in [4.69, 9.17) is 5.26 Å². The fraction of sp³-hybridized carbons (Fsp3) is 0.417. The summed E-state index contributed by atoms with van der Waals surface area (Å²) in [6.45, 7) is 0.463. The molecule has 1 aliphatic carbocycles. The topological polar surface area (TPSA) is 65.8 Å². The summed E-state index contributed by atoms with van der Waals surface area (Å²) in [4.78, 5) is 15.7. The molecule has 1 N–H and O–H groups in total. The van der Waals surface area contributed by atoms with E-state index >= 15 is 0 Å². The summed E-state index contributed by atoms with van der Waals surface area (Å²) >= 11 is 0. The Morgan fingerprint density at radius 2 is 2.19 bits per heavy atom. The minimum absolute atomic E-state index is 0.141. The normalized spacial score (nSPS) is 16.9. The van der Waals surface area contributed by atoms with Gasteiger partial charge in [-0.05, 0) is 37.0 Å². The van der Waals surface area contributed by atoms with Crippen LogP contribution in [0.15, 0.2) is 24.5 Å². The van der Waals surface area contributed by atoms with Gasteiger partial charge in [0.2, 0.25) is 5.91 Å². The number of nitrogens with zero attached hydrogens (tertiary/aromatic N) is 2. The van der Waals surface area contributed by atoms with Crippen LogP contribution in [0.1, 0.15) is 24.8 Å². The average molecular weight is 215 g/mol. The van der Waals surface area contributed by atoms with Gasteiger partial charge in [-0.15, -0.1) is 0 Å². The maximum atomic E-state index is 11.8. The lowest BCUT2D eigenvalue weighted by atomic mass is 9.69. The zero-order valence-electron chi connectivity index (χ0n) is 8.94. The molecular weight excluding hydrogens is 202 g/mol. The largest absolute Gasteiger partial charge is 0.351 e. The number of nitrogens with one attached hydrogen (secondary N) is 1. The van der Waals surface area contributed by atoms with E-state index in [2.05, 4.69) is 16.4 Å². The van der Waals surface area contributed by atoms with E-state index < -0.39 is 5.41 Å². The lowest BCUT2D eigenvalue weighted by molar-refractivity contribution is -0.131. The molecular formula is C12H13N3O. The van der Waals surface area contributed by atoms with Crippen molar-refractivity contribution in [3.8, 4) is 6.07 Å². The summed E-state index contributed by atoms with van der Waals surface area (Å²) in [6, 6.07) is 5.82. The van der Waals surface area contributed by atoms with E-state index in [-0.39, 0.29) is 5.91 Å². The molecule has 0 spiro atoms. The van der Waals surface area contributed by atoms with Gasteiger partial charge in [0.1, 0.15) is 5.41 Å². The molecule has 16 heavy (non-hydrogen) atoms. The van der Waals surface area contributed by atoms with Crippen molar-refractivity contribution in [2.45, 2.75) is 25.8 Å². The van der Waals surface area contributed by atoms with Gasteiger partial charge in [0.15, 0.2) is 0 Å². The molecule has 0 aliphatic heterocycles. The quantitative estimate of drug-likeness (QED) is 0.828. The van der Waals surface area contributed by atoms with E-state index in [0.717, 1.165) is 12.0 Å². The molecule has 0 atom stereocenters. The molecule has 0 aromatic carbocycles. The third-order valence-electron chi connectivity index (χ3n) is 3.06. The number of amides is 1.